The van der Waals surface area contributed by atoms with Gasteiger partial charge in [-0.15, -0.1) is 0 Å². The summed E-state index contributed by atoms with van der Waals surface area (Å²) in [5.74, 6) is -2.65. The van der Waals surface area contributed by atoms with Gasteiger partial charge in [0.05, 0.1) is 0 Å². The summed E-state index contributed by atoms with van der Waals surface area (Å²) in [4.78, 5) is 0. The zero-order chi connectivity index (χ0) is 35.9. The highest BCUT2D eigenvalue weighted by atomic mass is 19.1. The van der Waals surface area contributed by atoms with E-state index >= 15 is 8.78 Å². The molecule has 0 saturated heterocycles. The van der Waals surface area contributed by atoms with Crippen molar-refractivity contribution in [2.45, 2.75) is 0 Å². The van der Waals surface area contributed by atoms with Crippen molar-refractivity contribution in [2.75, 3.05) is 0 Å². The SMILES string of the molecule is N#Cc1c(C#N)c(Oc2ccccc2-c2ccccc2)c(Oc2ccccc2F)c(Oc2ccccc2F)c1Oc1ccccc1-c1ccccc1. The average molecular weight is 685 g/mol. The van der Waals surface area contributed by atoms with Crippen LogP contribution in [-0.4, -0.2) is 0 Å². The molecule has 0 aliphatic rings. The molecule has 7 aromatic rings. The normalized spacial score (nSPS) is 10.5. The lowest BCUT2D eigenvalue weighted by Gasteiger charge is -2.23. The third kappa shape index (κ3) is 6.73. The second-order valence-electron chi connectivity index (χ2n) is 11.3. The number of benzene rings is 7. The van der Waals surface area contributed by atoms with Crippen LogP contribution in [0, 0.1) is 34.3 Å². The topological polar surface area (TPSA) is 84.5 Å². The van der Waals surface area contributed by atoms with Crippen molar-refractivity contribution in [1.82, 2.24) is 0 Å². The molecule has 0 radical (unpaired) electrons. The van der Waals surface area contributed by atoms with E-state index in [0.29, 0.717) is 11.1 Å². The maximum atomic E-state index is 15.3. The van der Waals surface area contributed by atoms with E-state index in [4.69, 9.17) is 18.9 Å². The van der Waals surface area contributed by atoms with Crippen LogP contribution in [0.4, 0.5) is 8.78 Å². The second kappa shape index (κ2) is 15.0. The molecule has 0 atom stereocenters. The van der Waals surface area contributed by atoms with Crippen molar-refractivity contribution in [1.29, 1.82) is 10.5 Å². The van der Waals surface area contributed by atoms with Gasteiger partial charge in [-0.2, -0.15) is 10.5 Å². The Hall–Kier alpha value is -7.42. The van der Waals surface area contributed by atoms with Gasteiger partial charge >= 0.3 is 0 Å². The van der Waals surface area contributed by atoms with Crippen molar-refractivity contribution >= 4 is 0 Å². The van der Waals surface area contributed by atoms with Crippen LogP contribution >= 0.6 is 0 Å². The van der Waals surface area contributed by atoms with Gasteiger partial charge in [0.2, 0.25) is 11.5 Å². The highest BCUT2D eigenvalue weighted by molar-refractivity contribution is 5.78. The lowest BCUT2D eigenvalue weighted by atomic mass is 10.0. The first kappa shape index (κ1) is 33.1. The number of hydrogen-bond acceptors (Lipinski definition) is 6. The molecule has 0 bridgehead atoms. The fourth-order valence-corrected chi connectivity index (χ4v) is 5.57. The first-order valence-electron chi connectivity index (χ1n) is 16.1. The van der Waals surface area contributed by atoms with Crippen LogP contribution in [0.25, 0.3) is 22.3 Å². The first-order chi connectivity index (χ1) is 25.6. The molecule has 0 N–H and O–H groups in total. The smallest absolute Gasteiger partial charge is 0.217 e. The molecular weight excluding hydrogens is 658 g/mol. The van der Waals surface area contributed by atoms with Crippen LogP contribution in [0.15, 0.2) is 158 Å². The lowest BCUT2D eigenvalue weighted by molar-refractivity contribution is 0.350. The summed E-state index contributed by atoms with van der Waals surface area (Å²) in [7, 11) is 0. The fourth-order valence-electron chi connectivity index (χ4n) is 5.57. The van der Waals surface area contributed by atoms with E-state index in [1.54, 1.807) is 36.4 Å². The quantitative estimate of drug-likeness (QED) is 0.143. The summed E-state index contributed by atoms with van der Waals surface area (Å²) in [6, 6.07) is 48.3. The maximum Gasteiger partial charge on any atom is 0.217 e. The van der Waals surface area contributed by atoms with E-state index < -0.39 is 11.6 Å². The van der Waals surface area contributed by atoms with Crippen molar-refractivity contribution in [2.24, 2.45) is 0 Å². The number of nitriles is 2. The number of para-hydroxylation sites is 4. The van der Waals surface area contributed by atoms with E-state index in [0.717, 1.165) is 11.1 Å². The Morgan fingerprint density at radius 2 is 0.654 bits per heavy atom. The summed E-state index contributed by atoms with van der Waals surface area (Å²) in [5.41, 5.74) is 2.32. The van der Waals surface area contributed by atoms with Crippen LogP contribution < -0.4 is 18.9 Å². The van der Waals surface area contributed by atoms with Gasteiger partial charge < -0.3 is 18.9 Å². The van der Waals surface area contributed by atoms with E-state index in [1.807, 2.05) is 84.9 Å². The van der Waals surface area contributed by atoms with Crippen molar-refractivity contribution in [3.63, 3.8) is 0 Å². The Balaban J connectivity index is 1.53. The molecule has 0 heterocycles. The molecule has 0 saturated carbocycles. The van der Waals surface area contributed by atoms with Crippen molar-refractivity contribution in [3.05, 3.63) is 180 Å². The monoisotopic (exact) mass is 684 g/mol. The van der Waals surface area contributed by atoms with Crippen molar-refractivity contribution in [3.8, 4) is 80.4 Å². The van der Waals surface area contributed by atoms with Crippen LogP contribution in [0.2, 0.25) is 0 Å². The Bertz CT molecular complexity index is 2300. The number of hydrogen-bond donors (Lipinski definition) is 0. The third-order valence-electron chi connectivity index (χ3n) is 8.01. The van der Waals surface area contributed by atoms with Crippen LogP contribution in [0.3, 0.4) is 0 Å². The van der Waals surface area contributed by atoms with E-state index in [2.05, 4.69) is 12.1 Å². The summed E-state index contributed by atoms with van der Waals surface area (Å²) in [6.07, 6.45) is 0. The highest BCUT2D eigenvalue weighted by Crippen LogP contribution is 2.56. The van der Waals surface area contributed by atoms with Crippen molar-refractivity contribution < 1.29 is 27.7 Å². The van der Waals surface area contributed by atoms with Gasteiger partial charge in [-0.1, -0.05) is 121 Å². The minimum Gasteiger partial charge on any atom is -0.451 e. The number of nitrogens with zero attached hydrogens (tertiary/aromatic N) is 2. The van der Waals surface area contributed by atoms with Gasteiger partial charge in [-0.3, -0.25) is 0 Å². The molecule has 0 amide bonds. The van der Waals surface area contributed by atoms with E-state index in [-0.39, 0.29) is 57.1 Å². The summed E-state index contributed by atoms with van der Waals surface area (Å²) < 4.78 is 56.2. The number of ether oxygens (including phenoxy) is 4. The molecule has 250 valence electrons. The highest BCUT2D eigenvalue weighted by Gasteiger charge is 2.33. The molecule has 0 aliphatic carbocycles. The van der Waals surface area contributed by atoms with Gasteiger partial charge in [0.1, 0.15) is 34.8 Å². The molecule has 0 fully saturated rings. The Morgan fingerprint density at radius 3 is 1.02 bits per heavy atom. The molecular formula is C44H26F2N2O4. The Labute approximate surface area is 298 Å². The molecule has 7 aromatic carbocycles. The summed E-state index contributed by atoms with van der Waals surface area (Å²) in [6.45, 7) is 0. The second-order valence-corrected chi connectivity index (χ2v) is 11.3. The minimum absolute atomic E-state index is 0.258. The molecule has 0 spiro atoms. The van der Waals surface area contributed by atoms with Crippen LogP contribution in [-0.2, 0) is 0 Å². The zero-order valence-corrected chi connectivity index (χ0v) is 27.3. The maximum absolute atomic E-state index is 15.3. The Kier molecular flexibility index (Phi) is 9.55. The van der Waals surface area contributed by atoms with Gasteiger partial charge in [0.25, 0.3) is 0 Å². The molecule has 0 unspecified atom stereocenters. The van der Waals surface area contributed by atoms with E-state index in [9.17, 15) is 10.5 Å². The predicted molar refractivity (Wildman–Crippen MR) is 193 cm³/mol. The molecule has 6 nitrogen and oxygen atoms in total. The Morgan fingerprint density at radius 1 is 0.346 bits per heavy atom. The van der Waals surface area contributed by atoms with Gasteiger partial charge in [-0.05, 0) is 47.5 Å². The summed E-state index contributed by atoms with van der Waals surface area (Å²) in [5, 5.41) is 21.4. The minimum atomic E-state index is -0.741. The van der Waals surface area contributed by atoms with Crippen LogP contribution in [0.1, 0.15) is 11.1 Å². The largest absolute Gasteiger partial charge is 0.451 e. The van der Waals surface area contributed by atoms with Gasteiger partial charge in [0, 0.05) is 11.1 Å². The number of halogens is 2. The van der Waals surface area contributed by atoms with Crippen LogP contribution in [0.5, 0.6) is 46.0 Å². The number of rotatable bonds is 10. The molecule has 0 aliphatic heterocycles. The first-order valence-corrected chi connectivity index (χ1v) is 16.1. The third-order valence-corrected chi connectivity index (χ3v) is 8.01. The predicted octanol–water partition coefficient (Wildman–Crippen LogP) is 12.2. The lowest BCUT2D eigenvalue weighted by Crippen LogP contribution is -2.05. The zero-order valence-electron chi connectivity index (χ0n) is 27.3. The molecule has 8 heteroatoms. The standard InChI is InChI=1S/C44H26F2N2O4/c45-35-21-9-13-25-39(35)51-43-41(49-37-23-11-7-19-31(37)29-15-3-1-4-16-29)33(27-47)34(28-48)42(44(43)52-40-26-14-10-22-36(40)46)50-38-24-12-8-20-32(38)30-17-5-2-6-18-30/h1-26H. The average Bonchev–Trinajstić information content (AvgIpc) is 3.19. The van der Waals surface area contributed by atoms with Gasteiger partial charge in [-0.25, -0.2) is 8.78 Å². The fraction of sp³-hybridized carbons (Fsp3) is 0. The molecule has 7 rings (SSSR count). The summed E-state index contributed by atoms with van der Waals surface area (Å²) >= 11 is 0. The molecule has 0 aromatic heterocycles. The van der Waals surface area contributed by atoms with Gasteiger partial charge in [0.15, 0.2) is 34.6 Å². The molecule has 52 heavy (non-hydrogen) atoms. The van der Waals surface area contributed by atoms with E-state index in [1.165, 1.54) is 36.4 Å².